The van der Waals surface area contributed by atoms with Crippen LogP contribution >= 0.6 is 11.6 Å². The monoisotopic (exact) mass is 366 g/mol. The lowest BCUT2D eigenvalue weighted by Crippen LogP contribution is -2.15. The molecule has 3 aromatic rings. The lowest BCUT2D eigenvalue weighted by Gasteiger charge is -2.10. The molecule has 1 amide bonds. The van der Waals surface area contributed by atoms with E-state index in [1.807, 2.05) is 38.1 Å². The van der Waals surface area contributed by atoms with Gasteiger partial charge in [0.2, 0.25) is 0 Å². The number of nitrogens with zero attached hydrogens (tertiary/aromatic N) is 2. The van der Waals surface area contributed by atoms with Crippen molar-refractivity contribution < 1.29 is 4.79 Å². The molecular weight excluding hydrogens is 348 g/mol. The molecule has 5 nitrogen and oxygen atoms in total. The van der Waals surface area contributed by atoms with Crippen LogP contribution in [0.2, 0.25) is 5.02 Å². The van der Waals surface area contributed by atoms with Crippen LogP contribution in [0.4, 0.5) is 17.2 Å². The zero-order valence-corrected chi connectivity index (χ0v) is 15.6. The highest BCUT2D eigenvalue weighted by atomic mass is 35.5. The predicted molar refractivity (Wildman–Crippen MR) is 105 cm³/mol. The van der Waals surface area contributed by atoms with Gasteiger partial charge in [0.15, 0.2) is 0 Å². The van der Waals surface area contributed by atoms with Gasteiger partial charge >= 0.3 is 0 Å². The fraction of sp³-hybridized carbons (Fsp3) is 0.150. The van der Waals surface area contributed by atoms with Crippen LogP contribution in [0.25, 0.3) is 0 Å². The van der Waals surface area contributed by atoms with E-state index in [-0.39, 0.29) is 5.91 Å². The summed E-state index contributed by atoms with van der Waals surface area (Å²) in [6, 6.07) is 14.8. The van der Waals surface area contributed by atoms with Crippen LogP contribution in [0, 0.1) is 20.8 Å². The molecule has 0 aliphatic rings. The zero-order chi connectivity index (χ0) is 18.7. The molecule has 0 fully saturated rings. The van der Waals surface area contributed by atoms with E-state index in [4.69, 9.17) is 11.6 Å². The number of nitrogens with one attached hydrogen (secondary N) is 2. The Morgan fingerprint density at radius 3 is 2.19 bits per heavy atom. The number of anilines is 3. The molecule has 0 aliphatic carbocycles. The average molecular weight is 367 g/mol. The molecule has 0 bridgehead atoms. The van der Waals surface area contributed by atoms with Gasteiger partial charge in [-0.1, -0.05) is 17.7 Å². The van der Waals surface area contributed by atoms with Crippen molar-refractivity contribution in [1.82, 2.24) is 9.97 Å². The van der Waals surface area contributed by atoms with Gasteiger partial charge in [-0.2, -0.15) is 0 Å². The molecule has 0 saturated carbocycles. The van der Waals surface area contributed by atoms with Crippen LogP contribution in [0.1, 0.15) is 27.4 Å². The maximum Gasteiger partial charge on any atom is 0.274 e. The Bertz CT molecular complexity index is 934. The minimum atomic E-state index is -0.278. The number of aromatic nitrogens is 2. The molecular formula is C20H19ClN4O. The van der Waals surface area contributed by atoms with Crippen molar-refractivity contribution in [3.8, 4) is 0 Å². The molecule has 1 aromatic heterocycles. The largest absolute Gasteiger partial charge is 0.340 e. The summed E-state index contributed by atoms with van der Waals surface area (Å²) in [4.78, 5) is 21.2. The smallest absolute Gasteiger partial charge is 0.274 e. The third-order valence-electron chi connectivity index (χ3n) is 3.67. The predicted octanol–water partition coefficient (Wildman–Crippen LogP) is 5.05. The minimum Gasteiger partial charge on any atom is -0.340 e. The van der Waals surface area contributed by atoms with Crippen molar-refractivity contribution in [1.29, 1.82) is 0 Å². The molecule has 2 N–H and O–H groups in total. The van der Waals surface area contributed by atoms with Gasteiger partial charge in [0.1, 0.15) is 17.3 Å². The number of halogens is 1. The molecule has 0 atom stereocenters. The summed E-state index contributed by atoms with van der Waals surface area (Å²) in [5, 5.41) is 6.71. The SMILES string of the molecule is Cc1cc(C)cc(NC(=O)c2cc(Nc3ccc(Cl)cc3)nc(C)n2)c1. The highest BCUT2D eigenvalue weighted by Gasteiger charge is 2.12. The number of aryl methyl sites for hydroxylation is 3. The van der Waals surface area contributed by atoms with Crippen LogP contribution in [0.15, 0.2) is 48.5 Å². The molecule has 1 heterocycles. The summed E-state index contributed by atoms with van der Waals surface area (Å²) >= 11 is 5.90. The number of carbonyl (C=O) groups excluding carboxylic acids is 1. The quantitative estimate of drug-likeness (QED) is 0.678. The highest BCUT2D eigenvalue weighted by Crippen LogP contribution is 2.19. The second-order valence-electron chi connectivity index (χ2n) is 6.15. The van der Waals surface area contributed by atoms with E-state index in [1.165, 1.54) is 0 Å². The Labute approximate surface area is 157 Å². The van der Waals surface area contributed by atoms with Gasteiger partial charge in [0.05, 0.1) is 0 Å². The van der Waals surface area contributed by atoms with Gasteiger partial charge in [-0.25, -0.2) is 9.97 Å². The molecule has 0 aliphatic heterocycles. The Morgan fingerprint density at radius 2 is 1.54 bits per heavy atom. The van der Waals surface area contributed by atoms with Crippen molar-refractivity contribution >= 4 is 34.7 Å². The molecule has 6 heteroatoms. The first kappa shape index (κ1) is 17.9. The molecule has 0 spiro atoms. The maximum absolute atomic E-state index is 12.6. The van der Waals surface area contributed by atoms with Gasteiger partial charge in [-0.05, 0) is 68.3 Å². The van der Waals surface area contributed by atoms with E-state index in [2.05, 4.69) is 26.7 Å². The number of carbonyl (C=O) groups is 1. The number of amides is 1. The van der Waals surface area contributed by atoms with E-state index in [0.717, 1.165) is 22.5 Å². The number of rotatable bonds is 4. The van der Waals surface area contributed by atoms with Crippen molar-refractivity contribution in [3.05, 3.63) is 76.2 Å². The van der Waals surface area contributed by atoms with Gasteiger partial charge in [-0.3, -0.25) is 4.79 Å². The van der Waals surface area contributed by atoms with Gasteiger partial charge < -0.3 is 10.6 Å². The Hall–Kier alpha value is -2.92. The molecule has 132 valence electrons. The Balaban J connectivity index is 1.82. The van der Waals surface area contributed by atoms with E-state index < -0.39 is 0 Å². The Kier molecular flexibility index (Phi) is 5.19. The number of benzene rings is 2. The molecule has 0 radical (unpaired) electrons. The summed E-state index contributed by atoms with van der Waals surface area (Å²) in [6.45, 7) is 5.73. The first-order chi connectivity index (χ1) is 12.4. The molecule has 0 unspecified atom stereocenters. The standard InChI is InChI=1S/C20H19ClN4O/c1-12-8-13(2)10-17(9-12)25-20(26)18-11-19(23-14(3)22-18)24-16-6-4-15(21)5-7-16/h4-11H,1-3H3,(H,25,26)(H,22,23,24). The second kappa shape index (κ2) is 7.54. The first-order valence-electron chi connectivity index (χ1n) is 8.17. The third-order valence-corrected chi connectivity index (χ3v) is 3.92. The van der Waals surface area contributed by atoms with Crippen LogP contribution in [-0.4, -0.2) is 15.9 Å². The van der Waals surface area contributed by atoms with E-state index >= 15 is 0 Å². The topological polar surface area (TPSA) is 66.9 Å². The average Bonchev–Trinajstić information content (AvgIpc) is 2.55. The molecule has 3 rings (SSSR count). The van der Waals surface area contributed by atoms with Crippen molar-refractivity contribution in [2.75, 3.05) is 10.6 Å². The first-order valence-corrected chi connectivity index (χ1v) is 8.55. The summed E-state index contributed by atoms with van der Waals surface area (Å²) in [7, 11) is 0. The molecule has 2 aromatic carbocycles. The van der Waals surface area contributed by atoms with Crippen LogP contribution in [-0.2, 0) is 0 Å². The van der Waals surface area contributed by atoms with E-state index in [1.54, 1.807) is 25.1 Å². The fourth-order valence-electron chi connectivity index (χ4n) is 2.67. The summed E-state index contributed by atoms with van der Waals surface area (Å²) in [5.41, 5.74) is 4.05. The summed E-state index contributed by atoms with van der Waals surface area (Å²) in [5.74, 6) is 0.777. The third kappa shape index (κ3) is 4.58. The second-order valence-corrected chi connectivity index (χ2v) is 6.58. The fourth-order valence-corrected chi connectivity index (χ4v) is 2.80. The van der Waals surface area contributed by atoms with E-state index in [9.17, 15) is 4.79 Å². The van der Waals surface area contributed by atoms with Crippen LogP contribution < -0.4 is 10.6 Å². The van der Waals surface area contributed by atoms with Crippen LogP contribution in [0.3, 0.4) is 0 Å². The summed E-state index contributed by atoms with van der Waals surface area (Å²) in [6.07, 6.45) is 0. The van der Waals surface area contributed by atoms with Crippen molar-refractivity contribution in [2.45, 2.75) is 20.8 Å². The Morgan fingerprint density at radius 1 is 0.885 bits per heavy atom. The number of hydrogen-bond donors (Lipinski definition) is 2. The van der Waals surface area contributed by atoms with Crippen molar-refractivity contribution in [3.63, 3.8) is 0 Å². The highest BCUT2D eigenvalue weighted by molar-refractivity contribution is 6.30. The summed E-state index contributed by atoms with van der Waals surface area (Å²) < 4.78 is 0. The zero-order valence-electron chi connectivity index (χ0n) is 14.8. The van der Waals surface area contributed by atoms with Gasteiger partial charge in [-0.15, -0.1) is 0 Å². The van der Waals surface area contributed by atoms with Gasteiger partial charge in [0.25, 0.3) is 5.91 Å². The van der Waals surface area contributed by atoms with Gasteiger partial charge in [0, 0.05) is 22.5 Å². The number of hydrogen-bond acceptors (Lipinski definition) is 4. The minimum absolute atomic E-state index is 0.278. The van der Waals surface area contributed by atoms with Crippen molar-refractivity contribution in [2.24, 2.45) is 0 Å². The normalized spacial score (nSPS) is 10.5. The van der Waals surface area contributed by atoms with Crippen LogP contribution in [0.5, 0.6) is 0 Å². The molecule has 0 saturated heterocycles. The lowest BCUT2D eigenvalue weighted by atomic mass is 10.1. The lowest BCUT2D eigenvalue weighted by molar-refractivity contribution is 0.102. The molecule has 26 heavy (non-hydrogen) atoms. The van der Waals surface area contributed by atoms with E-state index in [0.29, 0.717) is 22.4 Å². The maximum atomic E-state index is 12.6.